The van der Waals surface area contributed by atoms with Crippen LogP contribution in [0.2, 0.25) is 0 Å². The predicted octanol–water partition coefficient (Wildman–Crippen LogP) is 5.30. The molecule has 134 valence electrons. The van der Waals surface area contributed by atoms with Crippen molar-refractivity contribution in [3.8, 4) is 0 Å². The molecule has 2 atom stereocenters. The van der Waals surface area contributed by atoms with E-state index in [0.29, 0.717) is 6.04 Å². The van der Waals surface area contributed by atoms with E-state index in [1.165, 1.54) is 23.1 Å². The second kappa shape index (κ2) is 8.70. The highest BCUT2D eigenvalue weighted by molar-refractivity contribution is 5.69. The molecule has 2 unspecified atom stereocenters. The molecule has 0 saturated carbocycles. The van der Waals surface area contributed by atoms with Gasteiger partial charge in [-0.05, 0) is 63.4 Å². The maximum atomic E-state index is 4.38. The molecule has 1 aromatic carbocycles. The first-order valence-corrected chi connectivity index (χ1v) is 9.08. The molecule has 1 aromatic rings. The van der Waals surface area contributed by atoms with Gasteiger partial charge >= 0.3 is 0 Å². The van der Waals surface area contributed by atoms with Gasteiger partial charge in [0.2, 0.25) is 0 Å². The van der Waals surface area contributed by atoms with Crippen LogP contribution in [0.3, 0.4) is 0 Å². The standard InChI is InChI=1S/C22H31N3/c1-7-23-17(4)16(3)20-11-13-21(14-12-20)18(5)24-19(6)22-10-9-15-25(22)8-2/h7-8,11-14,18,22,24H,2,6,9-10,15H2,1,3-5H3/b17-16+,23-7?. The van der Waals surface area contributed by atoms with Crippen LogP contribution in [0.4, 0.5) is 0 Å². The molecule has 0 radical (unpaired) electrons. The van der Waals surface area contributed by atoms with Gasteiger partial charge in [0.05, 0.1) is 6.04 Å². The largest absolute Gasteiger partial charge is 0.381 e. The van der Waals surface area contributed by atoms with Crippen LogP contribution >= 0.6 is 0 Å². The summed E-state index contributed by atoms with van der Waals surface area (Å²) < 4.78 is 0. The van der Waals surface area contributed by atoms with E-state index in [1.54, 1.807) is 0 Å². The van der Waals surface area contributed by atoms with Crippen LogP contribution < -0.4 is 5.32 Å². The summed E-state index contributed by atoms with van der Waals surface area (Å²) in [6, 6.07) is 9.31. The van der Waals surface area contributed by atoms with Crippen molar-refractivity contribution in [2.75, 3.05) is 6.54 Å². The summed E-state index contributed by atoms with van der Waals surface area (Å²) >= 11 is 0. The summed E-state index contributed by atoms with van der Waals surface area (Å²) in [4.78, 5) is 6.65. The van der Waals surface area contributed by atoms with E-state index in [0.717, 1.165) is 24.4 Å². The molecule has 0 spiro atoms. The molecular weight excluding hydrogens is 306 g/mol. The van der Waals surface area contributed by atoms with Gasteiger partial charge in [0.15, 0.2) is 0 Å². The van der Waals surface area contributed by atoms with Crippen molar-refractivity contribution in [1.82, 2.24) is 10.2 Å². The highest BCUT2D eigenvalue weighted by atomic mass is 15.2. The first kappa shape index (κ1) is 19.0. The van der Waals surface area contributed by atoms with Gasteiger partial charge in [-0.15, -0.1) is 0 Å². The molecule has 3 nitrogen and oxygen atoms in total. The average Bonchev–Trinajstić information content (AvgIpc) is 3.10. The van der Waals surface area contributed by atoms with Crippen molar-refractivity contribution in [2.24, 2.45) is 4.99 Å². The van der Waals surface area contributed by atoms with Gasteiger partial charge in [-0.3, -0.25) is 4.99 Å². The number of hydrogen-bond acceptors (Lipinski definition) is 3. The highest BCUT2D eigenvalue weighted by Crippen LogP contribution is 2.25. The molecular formula is C22H31N3. The summed E-state index contributed by atoms with van der Waals surface area (Å²) in [5.74, 6) is 0. The molecule has 0 amide bonds. The maximum absolute atomic E-state index is 4.38. The van der Waals surface area contributed by atoms with Crippen LogP contribution in [-0.2, 0) is 0 Å². The molecule has 0 aromatic heterocycles. The molecule has 0 aliphatic carbocycles. The number of aliphatic imine (C=N–C) groups is 1. The lowest BCUT2D eigenvalue weighted by atomic mass is 10.0. The normalized spacial score (nSPS) is 19.7. The fourth-order valence-electron chi connectivity index (χ4n) is 3.36. The number of benzene rings is 1. The molecule has 25 heavy (non-hydrogen) atoms. The number of nitrogens with zero attached hydrogens (tertiary/aromatic N) is 2. The summed E-state index contributed by atoms with van der Waals surface area (Å²) in [7, 11) is 0. The summed E-state index contributed by atoms with van der Waals surface area (Å²) in [5.41, 5.74) is 5.82. The molecule has 1 N–H and O–H groups in total. The minimum Gasteiger partial charge on any atom is -0.381 e. The topological polar surface area (TPSA) is 27.6 Å². The minimum atomic E-state index is 0.230. The van der Waals surface area contributed by atoms with Crippen molar-refractivity contribution in [3.63, 3.8) is 0 Å². The number of hydrogen-bond donors (Lipinski definition) is 1. The summed E-state index contributed by atoms with van der Waals surface area (Å²) in [6.45, 7) is 17.5. The Morgan fingerprint density at radius 3 is 2.60 bits per heavy atom. The van der Waals surface area contributed by atoms with E-state index in [2.05, 4.69) is 66.5 Å². The Morgan fingerprint density at radius 2 is 2.00 bits per heavy atom. The minimum absolute atomic E-state index is 0.230. The van der Waals surface area contributed by atoms with Crippen LogP contribution in [0.5, 0.6) is 0 Å². The summed E-state index contributed by atoms with van der Waals surface area (Å²) in [6.07, 6.45) is 6.11. The van der Waals surface area contributed by atoms with Gasteiger partial charge in [0.1, 0.15) is 0 Å². The van der Waals surface area contributed by atoms with Crippen LogP contribution in [-0.4, -0.2) is 23.7 Å². The van der Waals surface area contributed by atoms with Gasteiger partial charge in [-0.25, -0.2) is 0 Å². The molecule has 2 rings (SSSR count). The number of likely N-dealkylation sites (tertiary alicyclic amines) is 1. The third-order valence-electron chi connectivity index (χ3n) is 5.04. The van der Waals surface area contributed by atoms with E-state index >= 15 is 0 Å². The van der Waals surface area contributed by atoms with Crippen LogP contribution in [0.15, 0.2) is 60.0 Å². The molecule has 1 heterocycles. The molecule has 1 saturated heterocycles. The Kier molecular flexibility index (Phi) is 6.63. The zero-order valence-corrected chi connectivity index (χ0v) is 16.0. The first-order valence-electron chi connectivity index (χ1n) is 9.08. The Labute approximate surface area is 152 Å². The average molecular weight is 338 g/mol. The van der Waals surface area contributed by atoms with Crippen molar-refractivity contribution in [2.45, 2.75) is 52.6 Å². The van der Waals surface area contributed by atoms with Gasteiger partial charge in [0, 0.05) is 30.2 Å². The van der Waals surface area contributed by atoms with Crippen molar-refractivity contribution in [3.05, 3.63) is 66.1 Å². The lowest BCUT2D eigenvalue weighted by molar-refractivity contribution is 0.369. The van der Waals surface area contributed by atoms with Crippen LogP contribution in [0.25, 0.3) is 5.57 Å². The second-order valence-electron chi connectivity index (χ2n) is 6.69. The second-order valence-corrected chi connectivity index (χ2v) is 6.69. The van der Waals surface area contributed by atoms with Crippen molar-refractivity contribution >= 4 is 11.8 Å². The van der Waals surface area contributed by atoms with Gasteiger partial charge in [-0.2, -0.15) is 0 Å². The Hall–Kier alpha value is -2.29. The SMILES string of the molecule is C=CN1CCCC1C(=C)NC(C)c1ccc(/C(C)=C(\C)N=CC)cc1. The van der Waals surface area contributed by atoms with Crippen LogP contribution in [0, 0.1) is 0 Å². The van der Waals surface area contributed by atoms with Crippen LogP contribution in [0.1, 0.15) is 57.7 Å². The summed E-state index contributed by atoms with van der Waals surface area (Å²) in [5, 5.41) is 3.57. The van der Waals surface area contributed by atoms with E-state index in [1.807, 2.05) is 26.3 Å². The van der Waals surface area contributed by atoms with Gasteiger partial charge in [-0.1, -0.05) is 37.4 Å². The fraction of sp³-hybridized carbons (Fsp3) is 0.409. The molecule has 1 aliphatic heterocycles. The monoisotopic (exact) mass is 337 g/mol. The third kappa shape index (κ3) is 4.62. The molecule has 1 fully saturated rings. The smallest absolute Gasteiger partial charge is 0.0677 e. The Bertz CT molecular complexity index is 667. The highest BCUT2D eigenvalue weighted by Gasteiger charge is 2.24. The number of allylic oxidation sites excluding steroid dienone is 2. The van der Waals surface area contributed by atoms with E-state index in [-0.39, 0.29) is 6.04 Å². The van der Waals surface area contributed by atoms with Crippen molar-refractivity contribution in [1.29, 1.82) is 0 Å². The van der Waals surface area contributed by atoms with E-state index in [9.17, 15) is 0 Å². The first-order chi connectivity index (χ1) is 12.0. The molecule has 0 bridgehead atoms. The fourth-order valence-corrected chi connectivity index (χ4v) is 3.36. The molecule has 1 aliphatic rings. The zero-order valence-electron chi connectivity index (χ0n) is 16.0. The van der Waals surface area contributed by atoms with E-state index in [4.69, 9.17) is 0 Å². The third-order valence-corrected chi connectivity index (χ3v) is 5.04. The predicted molar refractivity (Wildman–Crippen MR) is 109 cm³/mol. The maximum Gasteiger partial charge on any atom is 0.0677 e. The number of rotatable bonds is 7. The molecule has 3 heteroatoms. The van der Waals surface area contributed by atoms with E-state index < -0.39 is 0 Å². The Morgan fingerprint density at radius 1 is 1.32 bits per heavy atom. The van der Waals surface area contributed by atoms with Crippen molar-refractivity contribution < 1.29 is 0 Å². The quantitative estimate of drug-likeness (QED) is 0.684. The van der Waals surface area contributed by atoms with Gasteiger partial charge in [0.25, 0.3) is 0 Å². The lowest BCUT2D eigenvalue weighted by Gasteiger charge is -2.28. The zero-order chi connectivity index (χ0) is 18.4. The number of nitrogens with one attached hydrogen (secondary N) is 1. The van der Waals surface area contributed by atoms with Gasteiger partial charge < -0.3 is 10.2 Å². The Balaban J connectivity index is 2.05. The lowest BCUT2D eigenvalue weighted by Crippen LogP contribution is -2.33.